The Morgan fingerprint density at radius 1 is 1.04 bits per heavy atom. The van der Waals surface area contributed by atoms with Crippen LogP contribution in [0.4, 0.5) is 0 Å². The van der Waals surface area contributed by atoms with Crippen LogP contribution in [0.15, 0.2) is 22.4 Å². The fraction of sp³-hybridized carbons (Fsp3) is 0.500. The Balaban J connectivity index is 1.71. The highest BCUT2D eigenvalue weighted by atomic mass is 32.2. The zero-order valence-electron chi connectivity index (χ0n) is 15.2. The van der Waals surface area contributed by atoms with E-state index in [1.54, 1.807) is 15.6 Å². The van der Waals surface area contributed by atoms with Crippen LogP contribution < -0.4 is 0 Å². The monoisotopic (exact) mass is 379 g/mol. The molecule has 0 amide bonds. The normalized spacial score (nSPS) is 17.1. The molecule has 1 aromatic heterocycles. The molecule has 1 fully saturated rings. The van der Waals surface area contributed by atoms with Gasteiger partial charge in [0.25, 0.3) is 0 Å². The highest BCUT2D eigenvalue weighted by Gasteiger charge is 2.31. The Labute approximate surface area is 154 Å². The standard InChI is InChI=1S/C18H25N3O2S2/c1-13-9-14(2)18(15(3)10-13)25(22,23)21-7-5-20(6-8-21)11-17-12-24-16(4)19-17/h9-10,12H,5-8,11H2,1-4H3. The van der Waals surface area contributed by atoms with Gasteiger partial charge in [0.2, 0.25) is 10.0 Å². The maximum absolute atomic E-state index is 13.1. The molecule has 1 aromatic carbocycles. The molecule has 7 heteroatoms. The van der Waals surface area contributed by atoms with Crippen LogP contribution in [0.3, 0.4) is 0 Å². The number of aryl methyl sites for hydroxylation is 4. The van der Waals surface area contributed by atoms with Gasteiger partial charge in [0.05, 0.1) is 15.6 Å². The zero-order valence-corrected chi connectivity index (χ0v) is 16.9. The van der Waals surface area contributed by atoms with Gasteiger partial charge in [-0.05, 0) is 38.8 Å². The minimum atomic E-state index is -3.44. The summed E-state index contributed by atoms with van der Waals surface area (Å²) in [4.78, 5) is 7.24. The van der Waals surface area contributed by atoms with Crippen molar-refractivity contribution in [2.45, 2.75) is 39.1 Å². The lowest BCUT2D eigenvalue weighted by molar-refractivity contribution is 0.180. The van der Waals surface area contributed by atoms with Crippen LogP contribution in [-0.2, 0) is 16.6 Å². The fourth-order valence-corrected chi connectivity index (χ4v) is 5.98. The Bertz CT molecular complexity index is 843. The Hall–Kier alpha value is -1.28. The maximum Gasteiger partial charge on any atom is 0.243 e. The first-order chi connectivity index (χ1) is 11.8. The van der Waals surface area contributed by atoms with Crippen LogP contribution in [-0.4, -0.2) is 48.8 Å². The van der Waals surface area contributed by atoms with Crippen LogP contribution >= 0.6 is 11.3 Å². The average Bonchev–Trinajstić information content (AvgIpc) is 2.91. The molecule has 3 rings (SSSR count). The Morgan fingerprint density at radius 2 is 1.64 bits per heavy atom. The molecule has 0 bridgehead atoms. The third-order valence-electron chi connectivity index (χ3n) is 4.59. The van der Waals surface area contributed by atoms with Crippen molar-refractivity contribution in [3.8, 4) is 0 Å². The number of aromatic nitrogens is 1. The lowest BCUT2D eigenvalue weighted by atomic mass is 10.1. The quantitative estimate of drug-likeness (QED) is 0.820. The molecule has 0 saturated carbocycles. The summed E-state index contributed by atoms with van der Waals surface area (Å²) in [5.74, 6) is 0. The smallest absolute Gasteiger partial charge is 0.243 e. The van der Waals surface area contributed by atoms with Crippen LogP contribution in [0.1, 0.15) is 27.4 Å². The van der Waals surface area contributed by atoms with Gasteiger partial charge in [-0.25, -0.2) is 13.4 Å². The van der Waals surface area contributed by atoms with Gasteiger partial charge in [-0.3, -0.25) is 4.90 Å². The largest absolute Gasteiger partial charge is 0.295 e. The molecule has 0 spiro atoms. The van der Waals surface area contributed by atoms with Gasteiger partial charge in [-0.2, -0.15) is 4.31 Å². The molecule has 136 valence electrons. The zero-order chi connectivity index (χ0) is 18.2. The van der Waals surface area contributed by atoms with E-state index in [4.69, 9.17) is 0 Å². The second-order valence-electron chi connectivity index (χ2n) is 6.77. The van der Waals surface area contributed by atoms with Gasteiger partial charge in [0.15, 0.2) is 0 Å². The van der Waals surface area contributed by atoms with E-state index in [9.17, 15) is 8.42 Å². The van der Waals surface area contributed by atoms with Crippen LogP contribution in [0.25, 0.3) is 0 Å². The van der Waals surface area contributed by atoms with E-state index >= 15 is 0 Å². The number of piperazine rings is 1. The van der Waals surface area contributed by atoms with Crippen LogP contribution in [0.2, 0.25) is 0 Å². The van der Waals surface area contributed by atoms with Crippen molar-refractivity contribution in [1.29, 1.82) is 0 Å². The summed E-state index contributed by atoms with van der Waals surface area (Å²) in [7, 11) is -3.44. The molecule has 5 nitrogen and oxygen atoms in total. The number of sulfonamides is 1. The molecular formula is C18H25N3O2S2. The van der Waals surface area contributed by atoms with E-state index in [2.05, 4.69) is 15.3 Å². The van der Waals surface area contributed by atoms with Crippen molar-refractivity contribution >= 4 is 21.4 Å². The first-order valence-electron chi connectivity index (χ1n) is 8.49. The molecule has 0 unspecified atom stereocenters. The number of rotatable bonds is 4. The summed E-state index contributed by atoms with van der Waals surface area (Å²) in [5.41, 5.74) is 3.83. The first-order valence-corrected chi connectivity index (χ1v) is 10.8. The second-order valence-corrected chi connectivity index (χ2v) is 9.70. The molecule has 25 heavy (non-hydrogen) atoms. The highest BCUT2D eigenvalue weighted by Crippen LogP contribution is 2.26. The topological polar surface area (TPSA) is 53.5 Å². The molecular weight excluding hydrogens is 354 g/mol. The van der Waals surface area contributed by atoms with Crippen LogP contribution in [0, 0.1) is 27.7 Å². The van der Waals surface area contributed by atoms with Crippen molar-refractivity contribution in [2.24, 2.45) is 0 Å². The molecule has 2 aromatic rings. The van der Waals surface area contributed by atoms with Crippen molar-refractivity contribution in [1.82, 2.24) is 14.2 Å². The van der Waals surface area contributed by atoms with E-state index < -0.39 is 10.0 Å². The van der Waals surface area contributed by atoms with E-state index in [-0.39, 0.29) is 0 Å². The molecule has 0 atom stereocenters. The molecule has 1 saturated heterocycles. The Morgan fingerprint density at radius 3 is 2.16 bits per heavy atom. The predicted octanol–water partition coefficient (Wildman–Crippen LogP) is 2.88. The summed E-state index contributed by atoms with van der Waals surface area (Å²) in [6.07, 6.45) is 0. The summed E-state index contributed by atoms with van der Waals surface area (Å²) in [5, 5.41) is 3.15. The Kier molecular flexibility index (Phi) is 5.29. The van der Waals surface area contributed by atoms with Crippen molar-refractivity contribution in [2.75, 3.05) is 26.2 Å². The van der Waals surface area contributed by atoms with Crippen molar-refractivity contribution in [3.05, 3.63) is 44.9 Å². The summed E-state index contributed by atoms with van der Waals surface area (Å²) >= 11 is 1.66. The van der Waals surface area contributed by atoms with Gasteiger partial charge < -0.3 is 0 Å². The number of hydrogen-bond donors (Lipinski definition) is 0. The molecule has 2 heterocycles. The maximum atomic E-state index is 13.1. The number of hydrogen-bond acceptors (Lipinski definition) is 5. The fourth-order valence-electron chi connectivity index (χ4n) is 3.54. The summed E-state index contributed by atoms with van der Waals surface area (Å²) in [6, 6.07) is 3.89. The van der Waals surface area contributed by atoms with E-state index in [1.165, 1.54) is 0 Å². The summed E-state index contributed by atoms with van der Waals surface area (Å²) < 4.78 is 27.8. The minimum Gasteiger partial charge on any atom is -0.295 e. The molecule has 0 N–H and O–H groups in total. The SMILES string of the molecule is Cc1cc(C)c(S(=O)(=O)N2CCN(Cc3csc(C)n3)CC2)c(C)c1. The number of benzene rings is 1. The van der Waals surface area contributed by atoms with Gasteiger partial charge in [-0.1, -0.05) is 17.7 Å². The van der Waals surface area contributed by atoms with E-state index in [0.29, 0.717) is 18.0 Å². The second kappa shape index (κ2) is 7.15. The highest BCUT2D eigenvalue weighted by molar-refractivity contribution is 7.89. The average molecular weight is 380 g/mol. The molecule has 0 radical (unpaired) electrons. The van der Waals surface area contributed by atoms with Gasteiger partial charge in [0, 0.05) is 38.1 Å². The molecule has 1 aliphatic heterocycles. The van der Waals surface area contributed by atoms with Crippen LogP contribution in [0.5, 0.6) is 0 Å². The van der Waals surface area contributed by atoms with E-state index in [1.807, 2.05) is 39.8 Å². The third kappa shape index (κ3) is 3.95. The molecule has 0 aliphatic carbocycles. The van der Waals surface area contributed by atoms with Crippen molar-refractivity contribution < 1.29 is 8.42 Å². The minimum absolute atomic E-state index is 0.474. The van der Waals surface area contributed by atoms with E-state index in [0.717, 1.165) is 47.0 Å². The van der Waals surface area contributed by atoms with Gasteiger partial charge in [-0.15, -0.1) is 11.3 Å². The predicted molar refractivity (Wildman–Crippen MR) is 102 cm³/mol. The van der Waals surface area contributed by atoms with Gasteiger partial charge in [0.1, 0.15) is 0 Å². The first kappa shape index (κ1) is 18.5. The lowest BCUT2D eigenvalue weighted by Gasteiger charge is -2.34. The molecule has 1 aliphatic rings. The van der Waals surface area contributed by atoms with Crippen molar-refractivity contribution in [3.63, 3.8) is 0 Å². The number of thiazole rings is 1. The third-order valence-corrected chi connectivity index (χ3v) is 7.61. The lowest BCUT2D eigenvalue weighted by Crippen LogP contribution is -2.48. The number of nitrogens with zero attached hydrogens (tertiary/aromatic N) is 3. The summed E-state index contributed by atoms with van der Waals surface area (Å²) in [6.45, 7) is 11.1. The van der Waals surface area contributed by atoms with Gasteiger partial charge >= 0.3 is 0 Å².